The minimum absolute atomic E-state index is 0.110. The van der Waals surface area contributed by atoms with Crippen LogP contribution in [0, 0.1) is 0 Å². The number of sulfone groups is 2. The van der Waals surface area contributed by atoms with Crippen LogP contribution in [-0.4, -0.2) is 27.9 Å². The van der Waals surface area contributed by atoms with Crippen molar-refractivity contribution >= 4 is 19.7 Å². The van der Waals surface area contributed by atoms with E-state index in [1.54, 1.807) is 0 Å². The van der Waals surface area contributed by atoms with Crippen LogP contribution in [0.25, 0.3) is 0 Å². The zero-order chi connectivity index (χ0) is 18.1. The fraction of sp³-hybridized carbons (Fsp3) is 0.273. The first-order valence-electron chi connectivity index (χ1n) is 5.58. The van der Waals surface area contributed by atoms with E-state index < -0.39 is 41.3 Å². The summed E-state index contributed by atoms with van der Waals surface area (Å²) in [5, 5.41) is 0. The lowest BCUT2D eigenvalue weighted by Gasteiger charge is -2.14. The average Bonchev–Trinajstić information content (AvgIpc) is 2.37. The summed E-state index contributed by atoms with van der Waals surface area (Å²) in [5.74, 6) is 0. The van der Waals surface area contributed by atoms with Crippen molar-refractivity contribution in [2.24, 2.45) is 0 Å². The molecule has 0 radical (unpaired) electrons. The molecule has 0 saturated heterocycles. The summed E-state index contributed by atoms with van der Waals surface area (Å²) in [4.78, 5) is 0. The molecule has 0 N–H and O–H groups in total. The Hall–Kier alpha value is -1.56. The van der Waals surface area contributed by atoms with Gasteiger partial charge in [0.25, 0.3) is 19.7 Å². The molecule has 0 aromatic heterocycles. The predicted octanol–water partition coefficient (Wildman–Crippen LogP) is 2.94. The maximum Gasteiger partial charge on any atom is 0.502 e. The number of alkyl halides is 6. The van der Waals surface area contributed by atoms with Gasteiger partial charge in [0.2, 0.25) is 0 Å². The number of halogens is 6. The van der Waals surface area contributed by atoms with Crippen molar-refractivity contribution in [3.63, 3.8) is 0 Å². The molecule has 0 saturated carbocycles. The Kier molecular flexibility index (Phi) is 5.21. The molecule has 4 nitrogen and oxygen atoms in total. The third kappa shape index (κ3) is 4.05. The van der Waals surface area contributed by atoms with Crippen LogP contribution in [0.15, 0.2) is 40.6 Å². The van der Waals surface area contributed by atoms with Crippen LogP contribution in [0.4, 0.5) is 26.3 Å². The van der Waals surface area contributed by atoms with Crippen LogP contribution < -0.4 is 0 Å². The van der Waals surface area contributed by atoms with Gasteiger partial charge in [-0.15, -0.1) is 0 Å². The first-order chi connectivity index (χ1) is 10.2. The molecule has 0 aliphatic rings. The molecule has 23 heavy (non-hydrogen) atoms. The molecule has 0 atom stereocenters. The van der Waals surface area contributed by atoms with E-state index in [4.69, 9.17) is 0 Å². The van der Waals surface area contributed by atoms with Crippen LogP contribution in [0.2, 0.25) is 0 Å². The van der Waals surface area contributed by atoms with Gasteiger partial charge in [0, 0.05) is 0 Å². The van der Waals surface area contributed by atoms with E-state index in [-0.39, 0.29) is 11.6 Å². The maximum atomic E-state index is 12.5. The Morgan fingerprint density at radius 2 is 1.22 bits per heavy atom. The van der Waals surface area contributed by atoms with Crippen molar-refractivity contribution in [3.05, 3.63) is 46.2 Å². The Morgan fingerprint density at radius 1 is 0.826 bits per heavy atom. The number of hydrogen-bond acceptors (Lipinski definition) is 4. The van der Waals surface area contributed by atoms with E-state index in [0.717, 1.165) is 0 Å². The topological polar surface area (TPSA) is 68.3 Å². The second-order valence-corrected chi connectivity index (χ2v) is 8.19. The number of hydrogen-bond donors (Lipinski definition) is 0. The highest BCUT2D eigenvalue weighted by atomic mass is 32.3. The van der Waals surface area contributed by atoms with E-state index in [9.17, 15) is 43.2 Å². The number of rotatable bonds is 4. The molecule has 0 bridgehead atoms. The standard InChI is InChI=1S/C11H8F6O4S2/c12-10(13,14)22(18,19)9(23(20,21)11(15,16)17)7-6-8-4-2-1-3-5-8/h1-5,7H,6H2. The third-order valence-electron chi connectivity index (χ3n) is 2.49. The molecule has 0 unspecified atom stereocenters. The summed E-state index contributed by atoms with van der Waals surface area (Å²) in [6.07, 6.45) is -0.859. The summed E-state index contributed by atoms with van der Waals surface area (Å²) in [6, 6.07) is 6.81. The largest absolute Gasteiger partial charge is 0.502 e. The van der Waals surface area contributed by atoms with Crippen molar-refractivity contribution in [3.8, 4) is 0 Å². The van der Waals surface area contributed by atoms with Gasteiger partial charge in [0.05, 0.1) is 0 Å². The van der Waals surface area contributed by atoms with Gasteiger partial charge in [0.15, 0.2) is 4.24 Å². The van der Waals surface area contributed by atoms with Gasteiger partial charge in [0.1, 0.15) is 0 Å². The van der Waals surface area contributed by atoms with Gasteiger partial charge in [-0.25, -0.2) is 16.8 Å². The smallest absolute Gasteiger partial charge is 0.214 e. The molecule has 0 fully saturated rings. The Labute approximate surface area is 127 Å². The van der Waals surface area contributed by atoms with Crippen molar-refractivity contribution in [1.29, 1.82) is 0 Å². The van der Waals surface area contributed by atoms with Gasteiger partial charge >= 0.3 is 11.0 Å². The molecule has 1 rings (SSSR count). The van der Waals surface area contributed by atoms with Gasteiger partial charge in [-0.2, -0.15) is 26.3 Å². The molecule has 12 heteroatoms. The Morgan fingerprint density at radius 3 is 1.57 bits per heavy atom. The van der Waals surface area contributed by atoms with Crippen LogP contribution in [0.3, 0.4) is 0 Å². The maximum absolute atomic E-state index is 12.5. The van der Waals surface area contributed by atoms with E-state index in [0.29, 0.717) is 0 Å². The highest BCUT2D eigenvalue weighted by molar-refractivity contribution is 8.15. The Balaban J connectivity index is 3.52. The van der Waals surface area contributed by atoms with Crippen molar-refractivity contribution in [2.45, 2.75) is 17.4 Å². The second kappa shape index (κ2) is 6.15. The first kappa shape index (κ1) is 19.5. The summed E-state index contributed by atoms with van der Waals surface area (Å²) < 4.78 is 117. The van der Waals surface area contributed by atoms with E-state index in [2.05, 4.69) is 0 Å². The lowest BCUT2D eigenvalue weighted by atomic mass is 10.2. The quantitative estimate of drug-likeness (QED) is 0.751. The lowest BCUT2D eigenvalue weighted by molar-refractivity contribution is -0.0444. The summed E-state index contributed by atoms with van der Waals surface area (Å²) >= 11 is 0. The number of allylic oxidation sites excluding steroid dienone is 1. The molecule has 0 amide bonds. The van der Waals surface area contributed by atoms with Crippen LogP contribution >= 0.6 is 0 Å². The summed E-state index contributed by atoms with van der Waals surface area (Å²) in [6.45, 7) is 0. The molecule has 1 aromatic rings. The predicted molar refractivity (Wildman–Crippen MR) is 68.2 cm³/mol. The minimum Gasteiger partial charge on any atom is -0.214 e. The third-order valence-corrected chi connectivity index (χ3v) is 6.41. The van der Waals surface area contributed by atoms with Crippen molar-refractivity contribution in [1.82, 2.24) is 0 Å². The van der Waals surface area contributed by atoms with E-state index >= 15 is 0 Å². The van der Waals surface area contributed by atoms with Gasteiger partial charge in [-0.05, 0) is 18.1 Å². The molecule has 130 valence electrons. The normalized spacial score (nSPS) is 13.7. The number of benzene rings is 1. The van der Waals surface area contributed by atoms with E-state index in [1.165, 1.54) is 30.3 Å². The highest BCUT2D eigenvalue weighted by Crippen LogP contribution is 2.38. The van der Waals surface area contributed by atoms with Gasteiger partial charge < -0.3 is 0 Å². The SMILES string of the molecule is O=S(=O)(C(=CCc1ccccc1)S(=O)(=O)C(F)(F)F)C(F)(F)F. The van der Waals surface area contributed by atoms with Gasteiger partial charge in [-0.3, -0.25) is 0 Å². The fourth-order valence-corrected chi connectivity index (χ4v) is 4.19. The monoisotopic (exact) mass is 382 g/mol. The zero-order valence-electron chi connectivity index (χ0n) is 10.9. The van der Waals surface area contributed by atoms with Crippen LogP contribution in [0.1, 0.15) is 5.56 Å². The van der Waals surface area contributed by atoms with Crippen LogP contribution in [0.5, 0.6) is 0 Å². The molecule has 1 aromatic carbocycles. The Bertz CT molecular complexity index is 743. The second-order valence-electron chi connectivity index (χ2n) is 4.11. The molecular formula is C11H8F6O4S2. The first-order valence-corrected chi connectivity index (χ1v) is 8.54. The van der Waals surface area contributed by atoms with Crippen molar-refractivity contribution in [2.75, 3.05) is 0 Å². The molecule has 0 spiro atoms. The average molecular weight is 382 g/mol. The van der Waals surface area contributed by atoms with E-state index in [1.807, 2.05) is 0 Å². The molecular weight excluding hydrogens is 374 g/mol. The summed E-state index contributed by atoms with van der Waals surface area (Å²) in [7, 11) is -13.4. The molecule has 0 aliphatic heterocycles. The zero-order valence-corrected chi connectivity index (χ0v) is 12.5. The molecule has 0 heterocycles. The van der Waals surface area contributed by atoms with Crippen molar-refractivity contribution < 1.29 is 43.2 Å². The van der Waals surface area contributed by atoms with Crippen LogP contribution in [-0.2, 0) is 26.1 Å². The lowest BCUT2D eigenvalue weighted by Crippen LogP contribution is -2.34. The van der Waals surface area contributed by atoms with Gasteiger partial charge in [-0.1, -0.05) is 30.3 Å². The minimum atomic E-state index is -6.70. The molecule has 0 aliphatic carbocycles. The highest BCUT2D eigenvalue weighted by Gasteiger charge is 2.59. The summed E-state index contributed by atoms with van der Waals surface area (Å²) in [5.41, 5.74) is -12.2. The fourth-order valence-electron chi connectivity index (χ4n) is 1.41.